The molecule has 0 bridgehead atoms. The Balaban J connectivity index is 1.70. The van der Waals surface area contributed by atoms with Gasteiger partial charge in [-0.1, -0.05) is 18.2 Å². The number of aromatic nitrogens is 5. The Morgan fingerprint density at radius 1 is 1.00 bits per heavy atom. The molecule has 0 radical (unpaired) electrons. The third-order valence-electron chi connectivity index (χ3n) is 5.21. The number of hydrogen-bond donors (Lipinski definition) is 1. The minimum atomic E-state index is -0.190. The fourth-order valence-electron chi connectivity index (χ4n) is 3.55. The zero-order chi connectivity index (χ0) is 18.4. The van der Waals surface area contributed by atoms with Gasteiger partial charge < -0.3 is 5.73 Å². The molecule has 3 heterocycles. The maximum absolute atomic E-state index is 6.46. The molecule has 7 heteroatoms. The summed E-state index contributed by atoms with van der Waals surface area (Å²) >= 11 is 6.05. The zero-order valence-electron chi connectivity index (χ0n) is 14.5. The SMILES string of the molecule is NC1(c2ccc(-n3c(-c4ccccn4)nc4cnc(Cl)nc43)cc2)CCC1. The molecule has 1 fully saturated rings. The van der Waals surface area contributed by atoms with Crippen LogP contribution in [0.4, 0.5) is 0 Å². The normalized spacial score (nSPS) is 15.6. The van der Waals surface area contributed by atoms with Gasteiger partial charge in [0.25, 0.3) is 0 Å². The van der Waals surface area contributed by atoms with Crippen molar-refractivity contribution < 1.29 is 0 Å². The molecular formula is C20H17ClN6. The second-order valence-electron chi connectivity index (χ2n) is 6.89. The smallest absolute Gasteiger partial charge is 0.224 e. The summed E-state index contributed by atoms with van der Waals surface area (Å²) in [5.74, 6) is 0.695. The average molecular weight is 377 g/mol. The quantitative estimate of drug-likeness (QED) is 0.549. The summed E-state index contributed by atoms with van der Waals surface area (Å²) in [7, 11) is 0. The summed E-state index contributed by atoms with van der Waals surface area (Å²) in [6, 6.07) is 14.0. The van der Waals surface area contributed by atoms with Crippen molar-refractivity contribution in [3.8, 4) is 17.2 Å². The predicted octanol–water partition coefficient (Wildman–Crippen LogP) is 3.87. The molecule has 0 aliphatic heterocycles. The number of benzene rings is 1. The number of nitrogens with two attached hydrogens (primary N) is 1. The van der Waals surface area contributed by atoms with Crippen LogP contribution in [0, 0.1) is 0 Å². The number of halogens is 1. The van der Waals surface area contributed by atoms with Gasteiger partial charge in [0.2, 0.25) is 5.28 Å². The summed E-state index contributed by atoms with van der Waals surface area (Å²) in [4.78, 5) is 17.6. The molecule has 1 aliphatic carbocycles. The van der Waals surface area contributed by atoms with Gasteiger partial charge in [-0.2, -0.15) is 4.98 Å². The lowest BCUT2D eigenvalue weighted by Crippen LogP contribution is -2.43. The van der Waals surface area contributed by atoms with E-state index < -0.39 is 0 Å². The molecule has 0 spiro atoms. The van der Waals surface area contributed by atoms with E-state index in [9.17, 15) is 0 Å². The lowest BCUT2D eigenvalue weighted by Gasteiger charge is -2.38. The molecule has 0 saturated heterocycles. The van der Waals surface area contributed by atoms with E-state index >= 15 is 0 Å². The third kappa shape index (κ3) is 2.69. The van der Waals surface area contributed by atoms with Crippen molar-refractivity contribution in [2.45, 2.75) is 24.8 Å². The first kappa shape index (κ1) is 16.4. The minimum absolute atomic E-state index is 0.184. The van der Waals surface area contributed by atoms with Crippen molar-refractivity contribution in [1.29, 1.82) is 0 Å². The number of pyridine rings is 1. The Labute approximate surface area is 161 Å². The number of hydrogen-bond acceptors (Lipinski definition) is 5. The highest BCUT2D eigenvalue weighted by molar-refractivity contribution is 6.28. The van der Waals surface area contributed by atoms with Crippen LogP contribution in [0.2, 0.25) is 5.28 Å². The zero-order valence-corrected chi connectivity index (χ0v) is 15.3. The summed E-state index contributed by atoms with van der Waals surface area (Å²) in [5, 5.41) is 0.184. The van der Waals surface area contributed by atoms with E-state index in [0.717, 1.165) is 29.8 Å². The van der Waals surface area contributed by atoms with Gasteiger partial charge in [-0.25, -0.2) is 9.97 Å². The van der Waals surface area contributed by atoms with Crippen LogP contribution in [0.1, 0.15) is 24.8 Å². The van der Waals surface area contributed by atoms with E-state index in [-0.39, 0.29) is 10.8 Å². The molecule has 5 rings (SSSR count). The van der Waals surface area contributed by atoms with Crippen molar-refractivity contribution in [2.24, 2.45) is 5.73 Å². The first-order valence-corrected chi connectivity index (χ1v) is 9.24. The summed E-state index contributed by atoms with van der Waals surface area (Å²) in [6.45, 7) is 0. The highest BCUT2D eigenvalue weighted by atomic mass is 35.5. The van der Waals surface area contributed by atoms with Gasteiger partial charge in [0, 0.05) is 17.4 Å². The van der Waals surface area contributed by atoms with E-state index in [2.05, 4.69) is 27.1 Å². The van der Waals surface area contributed by atoms with E-state index in [4.69, 9.17) is 22.3 Å². The monoisotopic (exact) mass is 376 g/mol. The van der Waals surface area contributed by atoms with Crippen LogP contribution in [0.3, 0.4) is 0 Å². The molecule has 0 amide bonds. The maximum Gasteiger partial charge on any atom is 0.224 e. The Morgan fingerprint density at radius 2 is 1.81 bits per heavy atom. The molecule has 0 atom stereocenters. The van der Waals surface area contributed by atoms with Crippen molar-refractivity contribution >= 4 is 22.8 Å². The van der Waals surface area contributed by atoms with Gasteiger partial charge in [0.05, 0.1) is 6.20 Å². The van der Waals surface area contributed by atoms with Crippen LogP contribution in [0.25, 0.3) is 28.4 Å². The molecule has 27 heavy (non-hydrogen) atoms. The van der Waals surface area contributed by atoms with Crippen LogP contribution in [0.5, 0.6) is 0 Å². The van der Waals surface area contributed by atoms with E-state index in [0.29, 0.717) is 17.0 Å². The van der Waals surface area contributed by atoms with Crippen LogP contribution in [0.15, 0.2) is 54.9 Å². The lowest BCUT2D eigenvalue weighted by molar-refractivity contribution is 0.253. The van der Waals surface area contributed by atoms with Crippen molar-refractivity contribution in [3.05, 3.63) is 65.7 Å². The fourth-order valence-corrected chi connectivity index (χ4v) is 3.68. The van der Waals surface area contributed by atoms with E-state index in [1.54, 1.807) is 12.4 Å². The average Bonchev–Trinajstić information content (AvgIpc) is 3.05. The van der Waals surface area contributed by atoms with Gasteiger partial charge in [0.15, 0.2) is 11.5 Å². The Hall–Kier alpha value is -2.83. The first-order valence-electron chi connectivity index (χ1n) is 8.86. The number of rotatable bonds is 3. The number of nitrogens with zero attached hydrogens (tertiary/aromatic N) is 5. The van der Waals surface area contributed by atoms with E-state index in [1.807, 2.05) is 34.9 Å². The number of fused-ring (bicyclic) bond motifs is 1. The molecule has 2 N–H and O–H groups in total. The van der Waals surface area contributed by atoms with Gasteiger partial charge in [-0.3, -0.25) is 9.55 Å². The van der Waals surface area contributed by atoms with Gasteiger partial charge in [0.1, 0.15) is 11.2 Å². The standard InChI is InChI=1S/C20H17ClN6/c21-19-24-12-16-18(26-19)27(17(25-16)15-4-1-2-11-23-15)14-7-5-13(6-8-14)20(22)9-3-10-20/h1-2,4-8,11-12H,3,9-10,22H2. The second-order valence-corrected chi connectivity index (χ2v) is 7.23. The molecule has 1 aliphatic rings. The molecule has 4 aromatic rings. The van der Waals surface area contributed by atoms with Gasteiger partial charge >= 0.3 is 0 Å². The molecule has 6 nitrogen and oxygen atoms in total. The largest absolute Gasteiger partial charge is 0.321 e. The Morgan fingerprint density at radius 3 is 2.48 bits per heavy atom. The van der Waals surface area contributed by atoms with Gasteiger partial charge in [-0.05, 0) is 60.7 Å². The third-order valence-corrected chi connectivity index (χ3v) is 5.39. The van der Waals surface area contributed by atoms with Crippen LogP contribution in [-0.2, 0) is 5.54 Å². The van der Waals surface area contributed by atoms with Crippen LogP contribution in [-0.4, -0.2) is 24.5 Å². The highest BCUT2D eigenvalue weighted by Crippen LogP contribution is 2.39. The Kier molecular flexibility index (Phi) is 3.70. The lowest BCUT2D eigenvalue weighted by atomic mass is 9.73. The fraction of sp³-hybridized carbons (Fsp3) is 0.200. The molecular weight excluding hydrogens is 360 g/mol. The molecule has 1 aromatic carbocycles. The van der Waals surface area contributed by atoms with Gasteiger partial charge in [-0.15, -0.1) is 0 Å². The molecule has 134 valence electrons. The van der Waals surface area contributed by atoms with Crippen LogP contribution >= 0.6 is 11.6 Å². The highest BCUT2D eigenvalue weighted by Gasteiger charge is 2.34. The molecule has 0 unspecified atom stereocenters. The summed E-state index contributed by atoms with van der Waals surface area (Å²) < 4.78 is 1.96. The van der Waals surface area contributed by atoms with Crippen molar-refractivity contribution in [1.82, 2.24) is 24.5 Å². The number of imidazole rings is 1. The summed E-state index contributed by atoms with van der Waals surface area (Å²) in [5.41, 5.74) is 10.4. The molecule has 3 aromatic heterocycles. The summed E-state index contributed by atoms with van der Waals surface area (Å²) in [6.07, 6.45) is 6.62. The second kappa shape index (κ2) is 6.11. The Bertz CT molecular complexity index is 1120. The van der Waals surface area contributed by atoms with Crippen molar-refractivity contribution in [3.63, 3.8) is 0 Å². The molecule has 1 saturated carbocycles. The topological polar surface area (TPSA) is 82.5 Å². The minimum Gasteiger partial charge on any atom is -0.321 e. The first-order chi connectivity index (χ1) is 13.1. The van der Waals surface area contributed by atoms with Crippen molar-refractivity contribution in [2.75, 3.05) is 0 Å². The maximum atomic E-state index is 6.46. The van der Waals surface area contributed by atoms with E-state index in [1.165, 1.54) is 6.42 Å². The predicted molar refractivity (Wildman–Crippen MR) is 105 cm³/mol. The van der Waals surface area contributed by atoms with Crippen LogP contribution < -0.4 is 5.73 Å².